The lowest BCUT2D eigenvalue weighted by molar-refractivity contribution is 0.0951. The van der Waals surface area contributed by atoms with Gasteiger partial charge in [0.05, 0.1) is 16.6 Å². The van der Waals surface area contributed by atoms with Crippen molar-refractivity contribution in [1.82, 2.24) is 20.2 Å². The quantitative estimate of drug-likeness (QED) is 0.534. The zero-order valence-corrected chi connectivity index (χ0v) is 17.2. The number of carbonyl (C=O) groups excluding carboxylic acids is 1. The Hall–Kier alpha value is -2.51. The summed E-state index contributed by atoms with van der Waals surface area (Å²) in [5, 5.41) is 2.94. The zero-order valence-electron chi connectivity index (χ0n) is 16.4. The lowest BCUT2D eigenvalue weighted by atomic mass is 10.0. The van der Waals surface area contributed by atoms with E-state index in [-0.39, 0.29) is 11.5 Å². The molecule has 1 fully saturated rings. The predicted octanol–water partition coefficient (Wildman–Crippen LogP) is 4.67. The highest BCUT2D eigenvalue weighted by atomic mass is 32.1. The van der Waals surface area contributed by atoms with Crippen LogP contribution in [0.1, 0.15) is 47.7 Å². The monoisotopic (exact) mass is 412 g/mol. The van der Waals surface area contributed by atoms with E-state index in [1.807, 2.05) is 18.2 Å². The summed E-state index contributed by atoms with van der Waals surface area (Å²) < 4.78 is 14.3. The number of likely N-dealkylation sites (tertiary alicyclic amines) is 1. The number of aromatic nitrogens is 2. The first kappa shape index (κ1) is 19.8. The minimum atomic E-state index is -0.479. The third-order valence-electron chi connectivity index (χ3n) is 5.71. The lowest BCUT2D eigenvalue weighted by Crippen LogP contribution is -2.37. The van der Waals surface area contributed by atoms with E-state index in [9.17, 15) is 9.18 Å². The Bertz CT molecular complexity index is 1090. The van der Waals surface area contributed by atoms with Crippen LogP contribution < -0.4 is 5.32 Å². The third kappa shape index (κ3) is 4.41. The van der Waals surface area contributed by atoms with E-state index in [0.717, 1.165) is 18.7 Å². The average Bonchev–Trinajstić information content (AvgIpc) is 3.08. The fourth-order valence-electron chi connectivity index (χ4n) is 4.05. The standard InChI is InChI=1S/C22H25FN4OS/c1-14-6-4-5-9-27(14)13-16-8-3-2-7-15(16)12-24-21(28)18-10-17(23)11-19-20(18)26-22(29)25-19/h2-3,7-8,10-11,14H,4-6,9,12-13H2,1H3,(H,24,28)(H2,25,26,29). The molecular weight excluding hydrogens is 387 g/mol. The first-order chi connectivity index (χ1) is 14.0. The van der Waals surface area contributed by atoms with E-state index in [0.29, 0.717) is 28.4 Å². The van der Waals surface area contributed by atoms with Crippen LogP contribution >= 0.6 is 12.2 Å². The van der Waals surface area contributed by atoms with Gasteiger partial charge in [-0.2, -0.15) is 0 Å². The molecule has 1 unspecified atom stereocenters. The molecule has 1 aliphatic heterocycles. The topological polar surface area (TPSA) is 63.9 Å². The molecule has 1 atom stereocenters. The van der Waals surface area contributed by atoms with Crippen LogP contribution in [0.3, 0.4) is 0 Å². The van der Waals surface area contributed by atoms with Crippen molar-refractivity contribution in [2.24, 2.45) is 0 Å². The Morgan fingerprint density at radius 3 is 2.83 bits per heavy atom. The molecule has 0 aliphatic carbocycles. The molecule has 1 saturated heterocycles. The molecule has 4 rings (SSSR count). The number of fused-ring (bicyclic) bond motifs is 1. The highest BCUT2D eigenvalue weighted by molar-refractivity contribution is 7.71. The second kappa shape index (κ2) is 8.47. The summed E-state index contributed by atoms with van der Waals surface area (Å²) in [5.74, 6) is -0.812. The van der Waals surface area contributed by atoms with Crippen molar-refractivity contribution in [3.63, 3.8) is 0 Å². The number of H-pyrrole nitrogens is 2. The summed E-state index contributed by atoms with van der Waals surface area (Å²) in [7, 11) is 0. The second-order valence-electron chi connectivity index (χ2n) is 7.72. The van der Waals surface area contributed by atoms with Gasteiger partial charge in [0, 0.05) is 19.1 Å². The van der Waals surface area contributed by atoms with E-state index in [1.165, 1.54) is 37.0 Å². The number of amides is 1. The van der Waals surface area contributed by atoms with Crippen LogP contribution in [0.2, 0.25) is 0 Å². The first-order valence-corrected chi connectivity index (χ1v) is 10.4. The molecule has 7 heteroatoms. The fraction of sp³-hybridized carbons (Fsp3) is 0.364. The van der Waals surface area contributed by atoms with Crippen molar-refractivity contribution >= 4 is 29.2 Å². The van der Waals surface area contributed by atoms with Gasteiger partial charge in [-0.25, -0.2) is 4.39 Å². The van der Waals surface area contributed by atoms with Crippen LogP contribution in [-0.2, 0) is 13.1 Å². The van der Waals surface area contributed by atoms with Crippen molar-refractivity contribution in [3.8, 4) is 0 Å². The molecule has 1 amide bonds. The van der Waals surface area contributed by atoms with E-state index in [4.69, 9.17) is 12.2 Å². The van der Waals surface area contributed by atoms with E-state index >= 15 is 0 Å². The molecule has 1 aliphatic rings. The molecule has 0 bridgehead atoms. The van der Waals surface area contributed by atoms with Crippen molar-refractivity contribution in [3.05, 3.63) is 63.7 Å². The van der Waals surface area contributed by atoms with E-state index < -0.39 is 5.82 Å². The van der Waals surface area contributed by atoms with Gasteiger partial charge in [0.25, 0.3) is 5.91 Å². The Morgan fingerprint density at radius 1 is 1.24 bits per heavy atom. The van der Waals surface area contributed by atoms with Gasteiger partial charge in [-0.3, -0.25) is 9.69 Å². The minimum absolute atomic E-state index is 0.245. The summed E-state index contributed by atoms with van der Waals surface area (Å²) in [6, 6.07) is 11.3. The largest absolute Gasteiger partial charge is 0.348 e. The van der Waals surface area contributed by atoms with Crippen molar-refractivity contribution in [2.75, 3.05) is 6.54 Å². The number of hydrogen-bond donors (Lipinski definition) is 3. The number of benzene rings is 2. The third-order valence-corrected chi connectivity index (χ3v) is 5.91. The molecule has 3 aromatic rings. The molecule has 5 nitrogen and oxygen atoms in total. The maximum Gasteiger partial charge on any atom is 0.253 e. The maximum absolute atomic E-state index is 13.9. The Labute approximate surface area is 174 Å². The van der Waals surface area contributed by atoms with Gasteiger partial charge >= 0.3 is 0 Å². The van der Waals surface area contributed by atoms with Crippen LogP contribution in [-0.4, -0.2) is 33.4 Å². The van der Waals surface area contributed by atoms with Crippen molar-refractivity contribution in [2.45, 2.75) is 45.3 Å². The van der Waals surface area contributed by atoms with E-state index in [2.05, 4.69) is 33.2 Å². The number of nitrogens with zero attached hydrogens (tertiary/aromatic N) is 1. The van der Waals surface area contributed by atoms with Gasteiger partial charge in [0.2, 0.25) is 0 Å². The van der Waals surface area contributed by atoms with Gasteiger partial charge in [-0.1, -0.05) is 30.7 Å². The summed E-state index contributed by atoms with van der Waals surface area (Å²) >= 11 is 5.08. The molecule has 0 radical (unpaired) electrons. The highest BCUT2D eigenvalue weighted by Crippen LogP contribution is 2.21. The molecule has 2 heterocycles. The highest BCUT2D eigenvalue weighted by Gasteiger charge is 2.19. The number of aromatic amines is 2. The fourth-order valence-corrected chi connectivity index (χ4v) is 4.26. The number of piperidine rings is 1. The molecule has 152 valence electrons. The number of nitrogens with one attached hydrogen (secondary N) is 3. The predicted molar refractivity (Wildman–Crippen MR) is 115 cm³/mol. The Morgan fingerprint density at radius 2 is 2.03 bits per heavy atom. The molecule has 2 aromatic carbocycles. The Balaban J connectivity index is 1.51. The zero-order chi connectivity index (χ0) is 20.4. The smallest absolute Gasteiger partial charge is 0.253 e. The lowest BCUT2D eigenvalue weighted by Gasteiger charge is -2.33. The maximum atomic E-state index is 13.9. The SMILES string of the molecule is CC1CCCCN1Cc1ccccc1CNC(=O)c1cc(F)cc2[nH]c(=S)[nH]c12. The van der Waals surface area contributed by atoms with E-state index in [1.54, 1.807) is 0 Å². The van der Waals surface area contributed by atoms with Gasteiger partial charge in [0.1, 0.15) is 5.82 Å². The normalized spacial score (nSPS) is 17.5. The van der Waals surface area contributed by atoms with Gasteiger partial charge in [-0.15, -0.1) is 0 Å². The summed E-state index contributed by atoms with van der Waals surface area (Å²) in [6.45, 7) is 4.65. The average molecular weight is 413 g/mol. The number of halogens is 1. The molecule has 0 saturated carbocycles. The molecule has 29 heavy (non-hydrogen) atoms. The van der Waals surface area contributed by atoms with Crippen LogP contribution in [0.25, 0.3) is 11.0 Å². The summed E-state index contributed by atoms with van der Waals surface area (Å²) in [4.78, 5) is 21.1. The Kier molecular flexibility index (Phi) is 5.78. The van der Waals surface area contributed by atoms with Crippen molar-refractivity contribution < 1.29 is 9.18 Å². The first-order valence-electron chi connectivity index (χ1n) is 10.0. The number of imidazole rings is 1. The summed E-state index contributed by atoms with van der Waals surface area (Å²) in [6.07, 6.45) is 3.75. The van der Waals surface area contributed by atoms with Gasteiger partial charge in [0.15, 0.2) is 4.77 Å². The van der Waals surface area contributed by atoms with Crippen molar-refractivity contribution in [1.29, 1.82) is 0 Å². The number of rotatable bonds is 5. The minimum Gasteiger partial charge on any atom is -0.348 e. The van der Waals surface area contributed by atoms with Crippen LogP contribution in [0.15, 0.2) is 36.4 Å². The van der Waals surface area contributed by atoms with Crippen LogP contribution in [0.4, 0.5) is 4.39 Å². The number of hydrogen-bond acceptors (Lipinski definition) is 3. The number of carbonyl (C=O) groups is 1. The summed E-state index contributed by atoms with van der Waals surface area (Å²) in [5.41, 5.74) is 3.54. The molecule has 1 aromatic heterocycles. The van der Waals surface area contributed by atoms with Crippen LogP contribution in [0.5, 0.6) is 0 Å². The molecular formula is C22H25FN4OS. The molecule has 0 spiro atoms. The van der Waals surface area contributed by atoms with Gasteiger partial charge < -0.3 is 15.3 Å². The molecule has 3 N–H and O–H groups in total. The van der Waals surface area contributed by atoms with Crippen LogP contribution in [0, 0.1) is 10.6 Å². The second-order valence-corrected chi connectivity index (χ2v) is 8.13. The van der Waals surface area contributed by atoms with Gasteiger partial charge in [-0.05, 0) is 61.8 Å².